The van der Waals surface area contributed by atoms with Gasteiger partial charge in [-0.3, -0.25) is 4.90 Å². The van der Waals surface area contributed by atoms with E-state index in [0.717, 1.165) is 23.7 Å². The van der Waals surface area contributed by atoms with Gasteiger partial charge in [0.05, 0.1) is 18.3 Å². The molecule has 0 amide bonds. The Kier molecular flexibility index (Phi) is 3.54. The molecule has 6 fully saturated rings. The average molecular weight is 360 g/mol. The maximum absolute atomic E-state index is 11.4. The molecule has 6 aliphatic rings. The first-order valence-corrected chi connectivity index (χ1v) is 11.6. The van der Waals surface area contributed by atoms with Crippen LogP contribution in [-0.4, -0.2) is 47.4 Å². The van der Waals surface area contributed by atoms with Crippen LogP contribution in [0.15, 0.2) is 0 Å². The van der Waals surface area contributed by atoms with Crippen LogP contribution in [0.4, 0.5) is 0 Å². The van der Waals surface area contributed by atoms with Crippen molar-refractivity contribution in [3.63, 3.8) is 0 Å². The molecule has 146 valence electrons. The van der Waals surface area contributed by atoms with E-state index in [1.165, 1.54) is 70.9 Å². The minimum Gasteiger partial charge on any atom is -0.391 e. The lowest BCUT2D eigenvalue weighted by Crippen LogP contribution is -2.54. The van der Waals surface area contributed by atoms with Gasteiger partial charge in [-0.15, -0.1) is 0 Å². The molecule has 0 unspecified atom stereocenters. The van der Waals surface area contributed by atoms with Gasteiger partial charge in [-0.25, -0.2) is 0 Å². The summed E-state index contributed by atoms with van der Waals surface area (Å²) >= 11 is 0. The molecule has 3 heteroatoms. The number of aliphatic hydroxyl groups is 1. The first-order chi connectivity index (χ1) is 12.5. The lowest BCUT2D eigenvalue weighted by Gasteiger charge is -2.59. The summed E-state index contributed by atoms with van der Waals surface area (Å²) in [6, 6.07) is 0.444. The van der Waals surface area contributed by atoms with E-state index in [2.05, 4.69) is 18.7 Å². The zero-order chi connectivity index (χ0) is 17.7. The maximum Gasteiger partial charge on any atom is 0.0847 e. The van der Waals surface area contributed by atoms with Gasteiger partial charge in [0.2, 0.25) is 0 Å². The van der Waals surface area contributed by atoms with Gasteiger partial charge in [0.15, 0.2) is 0 Å². The summed E-state index contributed by atoms with van der Waals surface area (Å²) in [4.78, 5) is 2.64. The number of fused-ring (bicyclic) bond motifs is 6. The lowest BCUT2D eigenvalue weighted by molar-refractivity contribution is -0.119. The van der Waals surface area contributed by atoms with E-state index < -0.39 is 0 Å². The third-order valence-electron chi connectivity index (χ3n) is 10.5. The number of epoxide rings is 1. The Bertz CT molecular complexity index is 589. The van der Waals surface area contributed by atoms with E-state index in [-0.39, 0.29) is 11.5 Å². The van der Waals surface area contributed by atoms with Crippen LogP contribution in [0.1, 0.15) is 71.6 Å². The van der Waals surface area contributed by atoms with E-state index in [1.807, 2.05) is 0 Å². The molecule has 0 aromatic rings. The first-order valence-electron chi connectivity index (χ1n) is 11.6. The van der Waals surface area contributed by atoms with Gasteiger partial charge >= 0.3 is 0 Å². The summed E-state index contributed by atoms with van der Waals surface area (Å²) < 4.78 is 5.98. The minimum absolute atomic E-state index is 0.0976. The summed E-state index contributed by atoms with van der Waals surface area (Å²) in [6.45, 7) is 7.51. The zero-order valence-corrected chi connectivity index (χ0v) is 16.7. The Labute approximate surface area is 158 Å². The van der Waals surface area contributed by atoms with E-state index in [4.69, 9.17) is 4.74 Å². The highest BCUT2D eigenvalue weighted by Gasteiger charge is 2.65. The summed E-state index contributed by atoms with van der Waals surface area (Å²) in [5, 5.41) is 11.4. The van der Waals surface area contributed by atoms with Crippen molar-refractivity contribution in [2.24, 2.45) is 34.5 Å². The first kappa shape index (κ1) is 16.8. The fourth-order valence-corrected chi connectivity index (χ4v) is 8.93. The van der Waals surface area contributed by atoms with E-state index in [1.54, 1.807) is 0 Å². The molecule has 3 nitrogen and oxygen atoms in total. The van der Waals surface area contributed by atoms with Crippen molar-refractivity contribution in [2.45, 2.75) is 96.0 Å². The summed E-state index contributed by atoms with van der Waals surface area (Å²) in [5.41, 5.74) is 0.684. The highest BCUT2D eigenvalue weighted by atomic mass is 16.6. The normalized spacial score (nSPS) is 61.5. The van der Waals surface area contributed by atoms with Gasteiger partial charge in [0.25, 0.3) is 0 Å². The molecule has 0 spiro atoms. The molecule has 2 heterocycles. The highest BCUT2D eigenvalue weighted by molar-refractivity contribution is 5.15. The van der Waals surface area contributed by atoms with E-state index in [0.29, 0.717) is 23.7 Å². The van der Waals surface area contributed by atoms with Crippen LogP contribution in [0.2, 0.25) is 0 Å². The molecular formula is C23H37NO2. The van der Waals surface area contributed by atoms with Crippen molar-refractivity contribution in [1.29, 1.82) is 0 Å². The van der Waals surface area contributed by atoms with E-state index in [9.17, 15) is 5.11 Å². The molecule has 26 heavy (non-hydrogen) atoms. The largest absolute Gasteiger partial charge is 0.391 e. The second-order valence-corrected chi connectivity index (χ2v) is 11.3. The van der Waals surface area contributed by atoms with Gasteiger partial charge in [-0.1, -0.05) is 13.8 Å². The molecule has 1 N–H and O–H groups in total. The maximum atomic E-state index is 11.4. The van der Waals surface area contributed by atoms with Gasteiger partial charge < -0.3 is 9.84 Å². The van der Waals surface area contributed by atoms with Crippen molar-refractivity contribution in [3.8, 4) is 0 Å². The van der Waals surface area contributed by atoms with Gasteiger partial charge in [0.1, 0.15) is 0 Å². The number of hydrogen-bond donors (Lipinski definition) is 1. The molecule has 6 rings (SSSR count). The van der Waals surface area contributed by atoms with Gasteiger partial charge in [-0.2, -0.15) is 0 Å². The zero-order valence-electron chi connectivity index (χ0n) is 16.7. The molecule has 2 aliphatic heterocycles. The van der Waals surface area contributed by atoms with Crippen LogP contribution in [0, 0.1) is 34.5 Å². The number of ether oxygens (including phenoxy) is 1. The number of nitrogens with zero attached hydrogens (tertiary/aromatic N) is 1. The molecule has 4 aliphatic carbocycles. The van der Waals surface area contributed by atoms with Gasteiger partial charge in [0, 0.05) is 6.04 Å². The molecule has 0 bridgehead atoms. The van der Waals surface area contributed by atoms with Crippen LogP contribution in [-0.2, 0) is 4.74 Å². The fourth-order valence-electron chi connectivity index (χ4n) is 8.93. The van der Waals surface area contributed by atoms with Crippen LogP contribution in [0.5, 0.6) is 0 Å². The monoisotopic (exact) mass is 359 g/mol. The van der Waals surface area contributed by atoms with Crippen molar-refractivity contribution >= 4 is 0 Å². The molecule has 0 radical (unpaired) electrons. The van der Waals surface area contributed by atoms with Crippen LogP contribution in [0.3, 0.4) is 0 Å². The number of hydrogen-bond acceptors (Lipinski definition) is 3. The minimum atomic E-state index is -0.0976. The SMILES string of the molecule is C[C@]12C[C@H]3O[C@H]3C[C@@H]1CC[C@@H]1[C@@H]2CC[C@]2(C)[C@@H](O)[C@H](N3CCCC3)C[C@@H]12. The van der Waals surface area contributed by atoms with Crippen molar-refractivity contribution < 1.29 is 9.84 Å². The van der Waals surface area contributed by atoms with Crippen LogP contribution < -0.4 is 0 Å². The molecule has 0 aromatic carbocycles. The highest BCUT2D eigenvalue weighted by Crippen LogP contribution is 2.68. The molecule has 10 atom stereocenters. The molecule has 2 saturated heterocycles. The standard InChI is InChI=1S/C23H37NO2/c1-22-8-7-16-15(6-5-14-11-19-20(26-19)13-23(14,16)2)17(22)12-18(21(22)25)24-9-3-4-10-24/h14-21,25H,3-13H2,1-2H3/t14-,15+,16-,17-,18+,19-,20+,21-,22-,23-/m0/s1. The van der Waals surface area contributed by atoms with Crippen molar-refractivity contribution in [3.05, 3.63) is 0 Å². The molecular weight excluding hydrogens is 322 g/mol. The number of aliphatic hydroxyl groups excluding tert-OH is 1. The Hall–Kier alpha value is -0.120. The molecule has 0 aromatic heterocycles. The van der Waals surface area contributed by atoms with E-state index >= 15 is 0 Å². The summed E-state index contributed by atoms with van der Waals surface area (Å²) in [7, 11) is 0. The van der Waals surface area contributed by atoms with Gasteiger partial charge in [-0.05, 0) is 105 Å². The Balaban J connectivity index is 1.29. The predicted octanol–water partition coefficient (Wildman–Crippen LogP) is 3.84. The summed E-state index contributed by atoms with van der Waals surface area (Å²) in [5.74, 6) is 3.39. The fraction of sp³-hybridized carbons (Fsp3) is 1.00. The second kappa shape index (κ2) is 5.48. The smallest absolute Gasteiger partial charge is 0.0847 e. The average Bonchev–Trinajstić information content (AvgIpc) is 3.02. The third-order valence-corrected chi connectivity index (χ3v) is 10.5. The Morgan fingerprint density at radius 3 is 2.54 bits per heavy atom. The Morgan fingerprint density at radius 2 is 1.73 bits per heavy atom. The predicted molar refractivity (Wildman–Crippen MR) is 102 cm³/mol. The van der Waals surface area contributed by atoms with Crippen molar-refractivity contribution in [1.82, 2.24) is 4.90 Å². The van der Waals surface area contributed by atoms with Crippen LogP contribution in [0.25, 0.3) is 0 Å². The third kappa shape index (κ3) is 2.12. The summed E-state index contributed by atoms with van der Waals surface area (Å²) in [6.07, 6.45) is 13.1. The quantitative estimate of drug-likeness (QED) is 0.723. The number of likely N-dealkylation sites (tertiary alicyclic amines) is 1. The molecule has 4 saturated carbocycles. The topological polar surface area (TPSA) is 36.0 Å². The number of rotatable bonds is 1. The second-order valence-electron chi connectivity index (χ2n) is 11.3. The lowest BCUT2D eigenvalue weighted by atomic mass is 9.45. The van der Waals surface area contributed by atoms with Crippen LogP contribution >= 0.6 is 0 Å². The van der Waals surface area contributed by atoms with Crippen molar-refractivity contribution in [2.75, 3.05) is 13.1 Å². The Morgan fingerprint density at radius 1 is 0.923 bits per heavy atom.